The third-order valence-electron chi connectivity index (χ3n) is 5.63. The molecule has 6 heteroatoms. The fourth-order valence-electron chi connectivity index (χ4n) is 3.87. The molecule has 0 unspecified atom stereocenters. The summed E-state index contributed by atoms with van der Waals surface area (Å²) < 4.78 is 0. The Balaban J connectivity index is 1.50. The van der Waals surface area contributed by atoms with Crippen LogP contribution in [0.25, 0.3) is 22.0 Å². The SMILES string of the molecule is O=C(O)[C@H](Cc1c[nH]c2ccccc12)NC(=O)[C@@H](CS)c1ccc(-c2ccccc2)cc1. The molecule has 4 rings (SSSR count). The van der Waals surface area contributed by atoms with Gasteiger partial charge in [0.2, 0.25) is 5.91 Å². The van der Waals surface area contributed by atoms with E-state index in [9.17, 15) is 14.7 Å². The number of H-pyrrole nitrogens is 1. The van der Waals surface area contributed by atoms with Gasteiger partial charge in [-0.2, -0.15) is 12.6 Å². The minimum absolute atomic E-state index is 0.192. The Labute approximate surface area is 191 Å². The predicted octanol–water partition coefficient (Wildman–Crippen LogP) is 4.66. The van der Waals surface area contributed by atoms with Crippen molar-refractivity contribution in [3.8, 4) is 11.1 Å². The summed E-state index contributed by atoms with van der Waals surface area (Å²) in [5.41, 5.74) is 4.73. The molecule has 0 radical (unpaired) electrons. The Kier molecular flexibility index (Phi) is 6.61. The molecule has 0 saturated heterocycles. The molecule has 0 fully saturated rings. The molecule has 3 aromatic carbocycles. The molecule has 4 aromatic rings. The number of benzene rings is 3. The third-order valence-corrected chi connectivity index (χ3v) is 6.00. The van der Waals surface area contributed by atoms with E-state index >= 15 is 0 Å². The summed E-state index contributed by atoms with van der Waals surface area (Å²) in [4.78, 5) is 28.1. The highest BCUT2D eigenvalue weighted by Gasteiger charge is 2.26. The van der Waals surface area contributed by atoms with Gasteiger partial charge >= 0.3 is 5.97 Å². The Morgan fingerprint density at radius 3 is 2.25 bits per heavy atom. The van der Waals surface area contributed by atoms with E-state index in [1.54, 1.807) is 6.20 Å². The highest BCUT2D eigenvalue weighted by Crippen LogP contribution is 2.24. The molecule has 1 heterocycles. The van der Waals surface area contributed by atoms with Crippen LogP contribution < -0.4 is 5.32 Å². The van der Waals surface area contributed by atoms with Crippen LogP contribution in [-0.2, 0) is 16.0 Å². The summed E-state index contributed by atoms with van der Waals surface area (Å²) >= 11 is 4.36. The monoisotopic (exact) mass is 444 g/mol. The fourth-order valence-corrected chi connectivity index (χ4v) is 4.25. The number of fused-ring (bicyclic) bond motifs is 1. The van der Waals surface area contributed by atoms with Crippen LogP contribution in [0, 0.1) is 0 Å². The van der Waals surface area contributed by atoms with E-state index in [2.05, 4.69) is 22.9 Å². The number of rotatable bonds is 8. The quantitative estimate of drug-likeness (QED) is 0.298. The molecule has 1 amide bonds. The van der Waals surface area contributed by atoms with E-state index in [4.69, 9.17) is 0 Å². The second kappa shape index (κ2) is 9.75. The number of nitrogens with one attached hydrogen (secondary N) is 2. The Morgan fingerprint density at radius 1 is 0.906 bits per heavy atom. The number of aromatic nitrogens is 1. The van der Waals surface area contributed by atoms with Gasteiger partial charge in [-0.25, -0.2) is 4.79 Å². The molecule has 0 aliphatic heterocycles. The summed E-state index contributed by atoms with van der Waals surface area (Å²) in [7, 11) is 0. The van der Waals surface area contributed by atoms with Crippen molar-refractivity contribution >= 4 is 35.4 Å². The van der Waals surface area contributed by atoms with Gasteiger partial charge in [0, 0.05) is 29.3 Å². The molecular formula is C26H24N2O3S. The maximum Gasteiger partial charge on any atom is 0.326 e. The van der Waals surface area contributed by atoms with E-state index in [0.29, 0.717) is 0 Å². The number of carbonyl (C=O) groups excluding carboxylic acids is 1. The largest absolute Gasteiger partial charge is 0.480 e. The molecule has 0 aliphatic carbocycles. The molecule has 0 aliphatic rings. The first-order valence-corrected chi connectivity index (χ1v) is 11.0. The first kappa shape index (κ1) is 21.7. The van der Waals surface area contributed by atoms with Gasteiger partial charge in [-0.05, 0) is 28.3 Å². The highest BCUT2D eigenvalue weighted by molar-refractivity contribution is 7.80. The van der Waals surface area contributed by atoms with Crippen molar-refractivity contribution in [1.82, 2.24) is 10.3 Å². The number of aliphatic carboxylic acids is 1. The summed E-state index contributed by atoms with van der Waals surface area (Å²) in [5.74, 6) is -1.69. The van der Waals surface area contributed by atoms with Crippen molar-refractivity contribution in [2.24, 2.45) is 0 Å². The van der Waals surface area contributed by atoms with Crippen LogP contribution in [0.4, 0.5) is 0 Å². The summed E-state index contributed by atoms with van der Waals surface area (Å²) in [6.45, 7) is 0. The van der Waals surface area contributed by atoms with Crippen molar-refractivity contribution < 1.29 is 14.7 Å². The van der Waals surface area contributed by atoms with Crippen molar-refractivity contribution in [2.45, 2.75) is 18.4 Å². The predicted molar refractivity (Wildman–Crippen MR) is 130 cm³/mol. The minimum Gasteiger partial charge on any atom is -0.480 e. The van der Waals surface area contributed by atoms with Gasteiger partial charge in [0.1, 0.15) is 6.04 Å². The number of aromatic amines is 1. The maximum atomic E-state index is 13.0. The maximum absolute atomic E-state index is 13.0. The lowest BCUT2D eigenvalue weighted by Gasteiger charge is -2.20. The van der Waals surface area contributed by atoms with E-state index in [-0.39, 0.29) is 18.1 Å². The molecule has 2 atom stereocenters. The second-order valence-corrected chi connectivity index (χ2v) is 8.05. The average molecular weight is 445 g/mol. The highest BCUT2D eigenvalue weighted by atomic mass is 32.1. The molecule has 32 heavy (non-hydrogen) atoms. The number of amides is 1. The van der Waals surface area contributed by atoms with E-state index in [0.717, 1.165) is 33.2 Å². The van der Waals surface area contributed by atoms with Crippen molar-refractivity contribution in [1.29, 1.82) is 0 Å². The van der Waals surface area contributed by atoms with Crippen LogP contribution in [-0.4, -0.2) is 33.8 Å². The third kappa shape index (κ3) is 4.70. The topological polar surface area (TPSA) is 82.2 Å². The molecule has 5 nitrogen and oxygen atoms in total. The molecule has 162 valence electrons. The number of carboxylic acid groups (broad SMARTS) is 1. The van der Waals surface area contributed by atoms with Crippen molar-refractivity contribution in [3.63, 3.8) is 0 Å². The zero-order chi connectivity index (χ0) is 22.5. The van der Waals surface area contributed by atoms with Gasteiger partial charge in [-0.1, -0.05) is 72.8 Å². The lowest BCUT2D eigenvalue weighted by atomic mass is 9.96. The van der Waals surface area contributed by atoms with E-state index < -0.39 is 17.9 Å². The zero-order valence-corrected chi connectivity index (χ0v) is 18.3. The number of carbonyl (C=O) groups is 2. The van der Waals surface area contributed by atoms with Crippen LogP contribution in [0.3, 0.4) is 0 Å². The first-order chi connectivity index (χ1) is 15.6. The number of hydrogen-bond acceptors (Lipinski definition) is 3. The average Bonchev–Trinajstić information content (AvgIpc) is 3.23. The Hall–Kier alpha value is -3.51. The van der Waals surface area contributed by atoms with E-state index in [1.165, 1.54) is 0 Å². The lowest BCUT2D eigenvalue weighted by molar-refractivity contribution is -0.141. The van der Waals surface area contributed by atoms with Gasteiger partial charge in [0.05, 0.1) is 5.92 Å². The smallest absolute Gasteiger partial charge is 0.326 e. The van der Waals surface area contributed by atoms with Gasteiger partial charge in [0.15, 0.2) is 0 Å². The van der Waals surface area contributed by atoms with Crippen LogP contribution in [0.1, 0.15) is 17.0 Å². The number of para-hydroxylation sites is 1. The zero-order valence-electron chi connectivity index (χ0n) is 17.4. The fraction of sp³-hybridized carbons (Fsp3) is 0.154. The molecule has 0 spiro atoms. The molecule has 1 aromatic heterocycles. The molecule has 3 N–H and O–H groups in total. The van der Waals surface area contributed by atoms with Crippen LogP contribution >= 0.6 is 12.6 Å². The first-order valence-electron chi connectivity index (χ1n) is 10.4. The van der Waals surface area contributed by atoms with Gasteiger partial charge < -0.3 is 15.4 Å². The Bertz CT molecular complexity index is 1220. The molecular weight excluding hydrogens is 420 g/mol. The minimum atomic E-state index is -1.07. The van der Waals surface area contributed by atoms with Crippen molar-refractivity contribution in [3.05, 3.63) is 96.2 Å². The van der Waals surface area contributed by atoms with Gasteiger partial charge in [-0.3, -0.25) is 4.79 Å². The number of thiol groups is 1. The van der Waals surface area contributed by atoms with Crippen LogP contribution in [0.15, 0.2) is 85.1 Å². The summed E-state index contributed by atoms with van der Waals surface area (Å²) in [6.07, 6.45) is 1.99. The standard InChI is InChI=1S/C26H24N2O3S/c29-25(22(16-32)19-12-10-18(11-13-19)17-6-2-1-3-7-17)28-24(26(30)31)14-20-15-27-23-9-5-4-8-21(20)23/h1-13,15,22,24,27,32H,14,16H2,(H,28,29)(H,30,31)/t22-,24-/m0/s1. The molecule has 0 bridgehead atoms. The molecule has 0 saturated carbocycles. The lowest BCUT2D eigenvalue weighted by Crippen LogP contribution is -2.44. The van der Waals surface area contributed by atoms with E-state index in [1.807, 2.05) is 78.9 Å². The summed E-state index contributed by atoms with van der Waals surface area (Å²) in [6, 6.07) is 24.4. The van der Waals surface area contributed by atoms with Crippen LogP contribution in [0.2, 0.25) is 0 Å². The van der Waals surface area contributed by atoms with Gasteiger partial charge in [-0.15, -0.1) is 0 Å². The van der Waals surface area contributed by atoms with Crippen molar-refractivity contribution in [2.75, 3.05) is 5.75 Å². The Morgan fingerprint density at radius 2 is 1.56 bits per heavy atom. The van der Waals surface area contributed by atoms with Crippen LogP contribution in [0.5, 0.6) is 0 Å². The van der Waals surface area contributed by atoms with Gasteiger partial charge in [0.25, 0.3) is 0 Å². The summed E-state index contributed by atoms with van der Waals surface area (Å²) in [5, 5.41) is 13.4. The normalized spacial score (nSPS) is 12.9. The number of hydrogen-bond donors (Lipinski definition) is 4. The number of carboxylic acids is 1. The second-order valence-electron chi connectivity index (χ2n) is 7.69.